The molecule has 0 atom stereocenters. The number of oxazole rings is 1. The summed E-state index contributed by atoms with van der Waals surface area (Å²) in [6.45, 7) is 3.51. The molecule has 5 rings (SSSR count). The first-order chi connectivity index (χ1) is 18.9. The lowest BCUT2D eigenvalue weighted by Gasteiger charge is -2.33. The number of piperazine rings is 1. The molecule has 1 aliphatic heterocycles. The van der Waals surface area contributed by atoms with Crippen molar-refractivity contribution >= 4 is 40.5 Å². The number of hydrogen-bond donors (Lipinski definition) is 1. The van der Waals surface area contributed by atoms with Crippen molar-refractivity contribution in [1.82, 2.24) is 14.8 Å². The highest BCUT2D eigenvalue weighted by Gasteiger charge is 2.24. The second-order valence-corrected chi connectivity index (χ2v) is 9.97. The molecule has 0 bridgehead atoms. The number of carbonyl (C=O) groups is 1. The van der Waals surface area contributed by atoms with Crippen molar-refractivity contribution in [1.29, 1.82) is 0 Å². The molecule has 0 aliphatic carbocycles. The number of halogens is 2. The maximum atomic E-state index is 12.6. The van der Waals surface area contributed by atoms with E-state index in [0.29, 0.717) is 25.5 Å². The van der Waals surface area contributed by atoms with Crippen molar-refractivity contribution in [2.45, 2.75) is 6.54 Å². The monoisotopic (exact) mass is 565 g/mol. The summed E-state index contributed by atoms with van der Waals surface area (Å²) in [4.78, 5) is 32.1. The molecular weight excluding hydrogens is 541 g/mol. The molecule has 1 fully saturated rings. The molecule has 1 aromatic heterocycles. The van der Waals surface area contributed by atoms with Gasteiger partial charge in [0.05, 0.1) is 33.7 Å². The van der Waals surface area contributed by atoms with Crippen LogP contribution >= 0.6 is 23.2 Å². The summed E-state index contributed by atoms with van der Waals surface area (Å²) >= 11 is 12.2. The number of rotatable bonds is 8. The van der Waals surface area contributed by atoms with Crippen LogP contribution in [0.5, 0.6) is 0 Å². The molecular formula is C28H25Cl2N5O4. The van der Waals surface area contributed by atoms with E-state index in [2.05, 4.69) is 10.2 Å². The lowest BCUT2D eigenvalue weighted by atomic mass is 10.1. The maximum absolute atomic E-state index is 12.6. The number of nitrogens with one attached hydrogen (secondary N) is 1. The molecule has 3 aromatic carbocycles. The van der Waals surface area contributed by atoms with Gasteiger partial charge in [0.2, 0.25) is 11.8 Å². The Morgan fingerprint density at radius 2 is 1.49 bits per heavy atom. The zero-order valence-electron chi connectivity index (χ0n) is 20.8. The average molecular weight is 566 g/mol. The van der Waals surface area contributed by atoms with Gasteiger partial charge < -0.3 is 9.73 Å². The second-order valence-electron chi connectivity index (χ2n) is 9.16. The second kappa shape index (κ2) is 12.0. The van der Waals surface area contributed by atoms with Gasteiger partial charge in [-0.05, 0) is 0 Å². The molecule has 1 N–H and O–H groups in total. The number of non-ortho nitro benzene ring substituents is 1. The van der Waals surface area contributed by atoms with Gasteiger partial charge >= 0.3 is 0 Å². The van der Waals surface area contributed by atoms with E-state index in [4.69, 9.17) is 32.6 Å². The first kappa shape index (κ1) is 26.8. The summed E-state index contributed by atoms with van der Waals surface area (Å²) in [7, 11) is 0. The molecule has 200 valence electrons. The largest absolute Gasteiger partial charge is 0.439 e. The van der Waals surface area contributed by atoms with Gasteiger partial charge in [-0.3, -0.25) is 24.7 Å². The van der Waals surface area contributed by atoms with Gasteiger partial charge in [0.25, 0.3) is 5.69 Å². The summed E-state index contributed by atoms with van der Waals surface area (Å²) in [6.07, 6.45) is 0. The minimum Gasteiger partial charge on any atom is -0.439 e. The fraction of sp³-hybridized carbons (Fsp3) is 0.214. The summed E-state index contributed by atoms with van der Waals surface area (Å²) in [5.41, 5.74) is 2.71. The zero-order chi connectivity index (χ0) is 27.4. The van der Waals surface area contributed by atoms with E-state index in [1.807, 2.05) is 65.6 Å². The summed E-state index contributed by atoms with van der Waals surface area (Å²) in [6, 6.07) is 22.3. The van der Waals surface area contributed by atoms with E-state index in [9.17, 15) is 14.9 Å². The fourth-order valence-electron chi connectivity index (χ4n) is 4.47. The SMILES string of the molecule is O=C(CN1CCN(Cc2nc(-c3ccccc3)c(-c3ccccc3)o2)CC1)Nc1c(Cl)cc([N+](=O)[O-])cc1Cl. The number of aromatic nitrogens is 1. The van der Waals surface area contributed by atoms with E-state index in [0.717, 1.165) is 47.8 Å². The number of nitro benzene ring substituents is 1. The molecule has 4 aromatic rings. The van der Waals surface area contributed by atoms with Crippen molar-refractivity contribution in [3.63, 3.8) is 0 Å². The number of amides is 1. The van der Waals surface area contributed by atoms with Gasteiger partial charge in [-0.25, -0.2) is 4.98 Å². The summed E-state index contributed by atoms with van der Waals surface area (Å²) < 4.78 is 6.26. The lowest BCUT2D eigenvalue weighted by Crippen LogP contribution is -2.48. The number of hydrogen-bond acceptors (Lipinski definition) is 7. The first-order valence-corrected chi connectivity index (χ1v) is 13.1. The molecule has 11 heteroatoms. The Bertz CT molecular complexity index is 1390. The Kier molecular flexibility index (Phi) is 8.23. The van der Waals surface area contributed by atoms with Crippen LogP contribution in [0.25, 0.3) is 22.6 Å². The lowest BCUT2D eigenvalue weighted by molar-refractivity contribution is -0.384. The van der Waals surface area contributed by atoms with Gasteiger partial charge in [0.1, 0.15) is 5.69 Å². The number of nitrogens with zero attached hydrogens (tertiary/aromatic N) is 4. The predicted octanol–water partition coefficient (Wildman–Crippen LogP) is 5.98. The van der Waals surface area contributed by atoms with Gasteiger partial charge in [-0.2, -0.15) is 0 Å². The Morgan fingerprint density at radius 1 is 0.923 bits per heavy atom. The maximum Gasteiger partial charge on any atom is 0.272 e. The molecule has 39 heavy (non-hydrogen) atoms. The van der Waals surface area contributed by atoms with Crippen molar-refractivity contribution in [2.75, 3.05) is 38.0 Å². The molecule has 0 radical (unpaired) electrons. The third kappa shape index (κ3) is 6.46. The van der Waals surface area contributed by atoms with Gasteiger partial charge in [0.15, 0.2) is 5.76 Å². The summed E-state index contributed by atoms with van der Waals surface area (Å²) in [5, 5.41) is 13.7. The minimum absolute atomic E-state index is 0.0167. The Morgan fingerprint density at radius 3 is 2.08 bits per heavy atom. The Balaban J connectivity index is 1.20. The molecule has 1 saturated heterocycles. The number of anilines is 1. The highest BCUT2D eigenvalue weighted by Crippen LogP contribution is 2.35. The highest BCUT2D eigenvalue weighted by atomic mass is 35.5. The van der Waals surface area contributed by atoms with Crippen LogP contribution in [0.3, 0.4) is 0 Å². The van der Waals surface area contributed by atoms with E-state index in [1.54, 1.807) is 0 Å². The zero-order valence-corrected chi connectivity index (χ0v) is 22.4. The third-order valence-electron chi connectivity index (χ3n) is 6.45. The first-order valence-electron chi connectivity index (χ1n) is 12.4. The number of carbonyl (C=O) groups excluding carboxylic acids is 1. The Hall–Kier alpha value is -3.76. The van der Waals surface area contributed by atoms with Gasteiger partial charge in [0, 0.05) is 49.4 Å². The van der Waals surface area contributed by atoms with Crippen LogP contribution < -0.4 is 5.32 Å². The van der Waals surface area contributed by atoms with Crippen LogP contribution in [0.1, 0.15) is 5.89 Å². The molecule has 0 saturated carbocycles. The number of nitro groups is 1. The Labute approximate surface area is 235 Å². The van der Waals surface area contributed by atoms with Gasteiger partial charge in [-0.1, -0.05) is 83.9 Å². The topological polar surface area (TPSA) is 105 Å². The van der Waals surface area contributed by atoms with Gasteiger partial charge in [-0.15, -0.1) is 0 Å². The average Bonchev–Trinajstić information content (AvgIpc) is 3.36. The molecule has 0 unspecified atom stereocenters. The number of benzene rings is 3. The normalized spacial score (nSPS) is 14.3. The summed E-state index contributed by atoms with van der Waals surface area (Å²) in [5.74, 6) is 1.09. The molecule has 2 heterocycles. The third-order valence-corrected chi connectivity index (χ3v) is 7.04. The van der Waals surface area contributed by atoms with E-state index >= 15 is 0 Å². The predicted molar refractivity (Wildman–Crippen MR) is 151 cm³/mol. The van der Waals surface area contributed by atoms with Crippen molar-refractivity contribution < 1.29 is 14.1 Å². The van der Waals surface area contributed by atoms with Crippen LogP contribution in [0.15, 0.2) is 77.2 Å². The molecule has 0 spiro atoms. The quantitative estimate of drug-likeness (QED) is 0.207. The van der Waals surface area contributed by atoms with E-state index < -0.39 is 4.92 Å². The minimum atomic E-state index is -0.591. The highest BCUT2D eigenvalue weighted by molar-refractivity contribution is 6.40. The van der Waals surface area contributed by atoms with Crippen LogP contribution in [0.2, 0.25) is 10.0 Å². The smallest absolute Gasteiger partial charge is 0.272 e. The fourth-order valence-corrected chi connectivity index (χ4v) is 5.04. The molecule has 1 aliphatic rings. The van der Waals surface area contributed by atoms with E-state index in [1.165, 1.54) is 0 Å². The van der Waals surface area contributed by atoms with E-state index in [-0.39, 0.29) is 33.9 Å². The van der Waals surface area contributed by atoms with Crippen LogP contribution in [0, 0.1) is 10.1 Å². The standard InChI is InChI=1S/C28H25Cl2N5O4/c29-22-15-21(35(37)38)16-23(30)27(22)31-24(36)17-33-11-13-34(14-12-33)18-25-32-26(19-7-3-1-4-8-19)28(39-25)20-9-5-2-6-10-20/h1-10,15-16H,11-14,17-18H2,(H,31,36). The van der Waals surface area contributed by atoms with Crippen LogP contribution in [-0.2, 0) is 11.3 Å². The van der Waals surface area contributed by atoms with Crippen LogP contribution in [-0.4, -0.2) is 58.3 Å². The van der Waals surface area contributed by atoms with Crippen molar-refractivity contribution in [3.8, 4) is 22.6 Å². The van der Waals surface area contributed by atoms with Crippen LogP contribution in [0.4, 0.5) is 11.4 Å². The van der Waals surface area contributed by atoms with Crippen molar-refractivity contribution in [2.24, 2.45) is 0 Å². The molecule has 1 amide bonds. The molecule has 9 nitrogen and oxygen atoms in total. The van der Waals surface area contributed by atoms with Crippen molar-refractivity contribution in [3.05, 3.63) is 98.8 Å².